The first-order valence-electron chi connectivity index (χ1n) is 9.15. The number of carbonyl (C=O) groups excluding carboxylic acids is 3. The fourth-order valence-corrected chi connectivity index (χ4v) is 4.07. The SMILES string of the molecule is Cc1c(C(=O)OCC(=O)NNC(=O)C2COc3ccccc3O2)sc2ccccc12. The van der Waals surface area contributed by atoms with Crippen LogP contribution in [0.1, 0.15) is 15.2 Å². The van der Waals surface area contributed by atoms with Crippen LogP contribution in [-0.4, -0.2) is 37.1 Å². The summed E-state index contributed by atoms with van der Waals surface area (Å²) in [6.07, 6.45) is -0.913. The van der Waals surface area contributed by atoms with Crippen LogP contribution in [0.25, 0.3) is 10.1 Å². The maximum atomic E-state index is 12.3. The van der Waals surface area contributed by atoms with E-state index in [9.17, 15) is 14.4 Å². The first-order chi connectivity index (χ1) is 14.5. The summed E-state index contributed by atoms with van der Waals surface area (Å²) >= 11 is 1.31. The molecule has 0 aliphatic carbocycles. The van der Waals surface area contributed by atoms with Gasteiger partial charge in [0.1, 0.15) is 11.5 Å². The number of rotatable bonds is 4. The van der Waals surface area contributed by atoms with Crippen LogP contribution < -0.4 is 20.3 Å². The number of carbonyl (C=O) groups is 3. The molecule has 1 aliphatic heterocycles. The maximum Gasteiger partial charge on any atom is 0.349 e. The molecule has 1 unspecified atom stereocenters. The monoisotopic (exact) mass is 426 g/mol. The summed E-state index contributed by atoms with van der Waals surface area (Å²) in [6.45, 7) is 1.32. The zero-order valence-electron chi connectivity index (χ0n) is 16.0. The molecule has 4 rings (SSSR count). The van der Waals surface area contributed by atoms with Gasteiger partial charge >= 0.3 is 5.97 Å². The highest BCUT2D eigenvalue weighted by Crippen LogP contribution is 2.31. The van der Waals surface area contributed by atoms with Gasteiger partial charge in [-0.2, -0.15) is 0 Å². The summed E-state index contributed by atoms with van der Waals surface area (Å²) in [4.78, 5) is 36.9. The second-order valence-corrected chi connectivity index (χ2v) is 7.58. The molecule has 8 nitrogen and oxygen atoms in total. The predicted molar refractivity (Wildman–Crippen MR) is 109 cm³/mol. The molecule has 2 aromatic carbocycles. The normalized spacial score (nSPS) is 14.8. The van der Waals surface area contributed by atoms with Crippen molar-refractivity contribution in [3.8, 4) is 11.5 Å². The third-order valence-electron chi connectivity index (χ3n) is 4.49. The molecule has 2 amide bonds. The third kappa shape index (κ3) is 4.06. The zero-order valence-corrected chi connectivity index (χ0v) is 16.8. The van der Waals surface area contributed by atoms with Crippen molar-refractivity contribution >= 4 is 39.2 Å². The van der Waals surface area contributed by atoms with Gasteiger partial charge in [0.2, 0.25) is 6.10 Å². The molecule has 30 heavy (non-hydrogen) atoms. The van der Waals surface area contributed by atoms with Crippen LogP contribution in [-0.2, 0) is 14.3 Å². The van der Waals surface area contributed by atoms with Crippen molar-refractivity contribution in [2.45, 2.75) is 13.0 Å². The van der Waals surface area contributed by atoms with Gasteiger partial charge in [-0.05, 0) is 36.1 Å². The van der Waals surface area contributed by atoms with Crippen molar-refractivity contribution in [2.24, 2.45) is 0 Å². The summed E-state index contributed by atoms with van der Waals surface area (Å²) in [5.74, 6) is -0.843. The number of ether oxygens (including phenoxy) is 3. The predicted octanol–water partition coefficient (Wildman–Crippen LogP) is 2.35. The van der Waals surface area contributed by atoms with Crippen LogP contribution in [0, 0.1) is 6.92 Å². The van der Waals surface area contributed by atoms with Crippen LogP contribution in [0.5, 0.6) is 11.5 Å². The quantitative estimate of drug-likeness (QED) is 0.490. The second kappa shape index (κ2) is 8.42. The van der Waals surface area contributed by atoms with Crippen molar-refractivity contribution in [1.29, 1.82) is 0 Å². The summed E-state index contributed by atoms with van der Waals surface area (Å²) in [7, 11) is 0. The molecule has 1 aromatic heterocycles. The number of hydrogen-bond acceptors (Lipinski definition) is 7. The molecular weight excluding hydrogens is 408 g/mol. The van der Waals surface area contributed by atoms with Crippen LogP contribution in [0.2, 0.25) is 0 Å². The molecule has 0 saturated heterocycles. The van der Waals surface area contributed by atoms with E-state index < -0.39 is 30.5 Å². The lowest BCUT2D eigenvalue weighted by Crippen LogP contribution is -2.51. The van der Waals surface area contributed by atoms with Gasteiger partial charge in [0.15, 0.2) is 18.1 Å². The fraction of sp³-hybridized carbons (Fsp3) is 0.190. The first kappa shape index (κ1) is 19.7. The Morgan fingerprint density at radius 3 is 2.60 bits per heavy atom. The Bertz CT molecular complexity index is 1130. The van der Waals surface area contributed by atoms with Crippen LogP contribution in [0.4, 0.5) is 0 Å². The lowest BCUT2D eigenvalue weighted by molar-refractivity contribution is -0.135. The van der Waals surface area contributed by atoms with Gasteiger partial charge in [-0.25, -0.2) is 4.79 Å². The minimum absolute atomic E-state index is 0.0128. The van der Waals surface area contributed by atoms with Crippen molar-refractivity contribution in [3.05, 3.63) is 59.0 Å². The van der Waals surface area contributed by atoms with E-state index in [1.165, 1.54) is 11.3 Å². The van der Waals surface area contributed by atoms with E-state index in [4.69, 9.17) is 14.2 Å². The molecule has 9 heteroatoms. The lowest BCUT2D eigenvalue weighted by Gasteiger charge is -2.25. The molecule has 0 fully saturated rings. The highest BCUT2D eigenvalue weighted by molar-refractivity contribution is 7.21. The number of aryl methyl sites for hydroxylation is 1. The van der Waals surface area contributed by atoms with Crippen molar-refractivity contribution < 1.29 is 28.6 Å². The highest BCUT2D eigenvalue weighted by atomic mass is 32.1. The number of hydrogen-bond donors (Lipinski definition) is 2. The van der Waals surface area contributed by atoms with Gasteiger partial charge in [-0.15, -0.1) is 11.3 Å². The van der Waals surface area contributed by atoms with E-state index in [-0.39, 0.29) is 6.61 Å². The summed E-state index contributed by atoms with van der Waals surface area (Å²) in [6, 6.07) is 14.6. The lowest BCUT2D eigenvalue weighted by atomic mass is 10.1. The number of thiophene rings is 1. The molecule has 2 heterocycles. The minimum Gasteiger partial charge on any atom is -0.485 e. The average molecular weight is 426 g/mol. The van der Waals surface area contributed by atoms with Crippen LogP contribution in [0.3, 0.4) is 0 Å². The van der Waals surface area contributed by atoms with Crippen LogP contribution in [0.15, 0.2) is 48.5 Å². The standard InChI is InChI=1S/C21H18N2O6S/c1-12-13-6-2-5-9-17(13)30-19(12)21(26)28-11-18(24)22-23-20(25)16-10-27-14-7-3-4-8-15(14)29-16/h2-9,16H,10-11H2,1H3,(H,22,24)(H,23,25). The number of nitrogens with one attached hydrogen (secondary N) is 2. The highest BCUT2D eigenvalue weighted by Gasteiger charge is 2.27. The van der Waals surface area contributed by atoms with E-state index in [0.29, 0.717) is 16.4 Å². The smallest absolute Gasteiger partial charge is 0.349 e. The summed E-state index contributed by atoms with van der Waals surface area (Å²) < 4.78 is 17.1. The molecule has 0 bridgehead atoms. The Balaban J connectivity index is 1.26. The van der Waals surface area contributed by atoms with E-state index >= 15 is 0 Å². The molecule has 0 spiro atoms. The molecule has 154 valence electrons. The Morgan fingerprint density at radius 2 is 1.80 bits per heavy atom. The number of para-hydroxylation sites is 2. The van der Waals surface area contributed by atoms with Gasteiger partial charge in [-0.3, -0.25) is 20.4 Å². The van der Waals surface area contributed by atoms with Crippen molar-refractivity contribution in [1.82, 2.24) is 10.9 Å². The van der Waals surface area contributed by atoms with Gasteiger partial charge < -0.3 is 14.2 Å². The van der Waals surface area contributed by atoms with Gasteiger partial charge in [0.25, 0.3) is 11.8 Å². The van der Waals surface area contributed by atoms with Crippen molar-refractivity contribution in [2.75, 3.05) is 13.2 Å². The van der Waals surface area contributed by atoms with E-state index in [1.807, 2.05) is 31.2 Å². The van der Waals surface area contributed by atoms with Gasteiger partial charge in [0.05, 0.1) is 0 Å². The first-order valence-corrected chi connectivity index (χ1v) is 9.97. The van der Waals surface area contributed by atoms with E-state index in [1.54, 1.807) is 24.3 Å². The van der Waals surface area contributed by atoms with Gasteiger partial charge in [-0.1, -0.05) is 30.3 Å². The fourth-order valence-electron chi connectivity index (χ4n) is 2.96. The van der Waals surface area contributed by atoms with Crippen LogP contribution >= 0.6 is 11.3 Å². The largest absolute Gasteiger partial charge is 0.485 e. The Hall–Kier alpha value is -3.59. The molecule has 0 saturated carbocycles. The number of fused-ring (bicyclic) bond motifs is 2. The Morgan fingerprint density at radius 1 is 1.07 bits per heavy atom. The number of amides is 2. The second-order valence-electron chi connectivity index (χ2n) is 6.53. The molecule has 2 N–H and O–H groups in total. The molecule has 3 aromatic rings. The maximum absolute atomic E-state index is 12.3. The van der Waals surface area contributed by atoms with Crippen molar-refractivity contribution in [3.63, 3.8) is 0 Å². The number of hydrazine groups is 1. The minimum atomic E-state index is -0.913. The van der Waals surface area contributed by atoms with E-state index in [0.717, 1.165) is 15.6 Å². The Kier molecular flexibility index (Phi) is 5.53. The molecule has 0 radical (unpaired) electrons. The Labute approximate surface area is 175 Å². The zero-order chi connectivity index (χ0) is 21.1. The average Bonchev–Trinajstić information content (AvgIpc) is 3.12. The molecular formula is C21H18N2O6S. The summed E-state index contributed by atoms with van der Waals surface area (Å²) in [5.41, 5.74) is 5.26. The molecule has 1 atom stereocenters. The number of benzene rings is 2. The third-order valence-corrected chi connectivity index (χ3v) is 5.74. The number of esters is 1. The summed E-state index contributed by atoms with van der Waals surface area (Å²) in [5, 5.41) is 0.974. The van der Waals surface area contributed by atoms with Gasteiger partial charge in [0, 0.05) is 4.70 Å². The van der Waals surface area contributed by atoms with E-state index in [2.05, 4.69) is 10.9 Å². The molecule has 1 aliphatic rings. The topological polar surface area (TPSA) is 103 Å².